The molecule has 0 saturated carbocycles. The van der Waals surface area contributed by atoms with Crippen LogP contribution < -0.4 is 16.4 Å². The average Bonchev–Trinajstić information content (AvgIpc) is 2.42. The molecule has 0 rings (SSSR count). The molecule has 5 nitrogen and oxygen atoms in total. The third kappa shape index (κ3) is 8.59. The van der Waals surface area contributed by atoms with Crippen molar-refractivity contribution in [3.05, 3.63) is 0 Å². The number of carbonyl (C=O) groups is 2. The number of carbonyl (C=O) groups excluding carboxylic acids is 2. The van der Waals surface area contributed by atoms with Gasteiger partial charge in [0, 0.05) is 31.5 Å². The summed E-state index contributed by atoms with van der Waals surface area (Å²) in [5, 5.41) is 5.64. The fraction of sp³-hybridized carbons (Fsp3) is 0.857. The fourth-order valence-electron chi connectivity index (χ4n) is 1.63. The summed E-state index contributed by atoms with van der Waals surface area (Å²) in [6.45, 7) is 7.25. The molecular formula is C14H29N3O2. The Morgan fingerprint density at radius 1 is 1.00 bits per heavy atom. The van der Waals surface area contributed by atoms with E-state index >= 15 is 0 Å². The first-order chi connectivity index (χ1) is 8.97. The number of nitrogens with two attached hydrogens (primary N) is 1. The molecular weight excluding hydrogens is 242 g/mol. The van der Waals surface area contributed by atoms with Crippen LogP contribution >= 0.6 is 0 Å². The standard InChI is InChI=1S/C14H29N3O2/c1-4-10-16-12(18)8-7-9-13(19)17-11-14(15,5-2)6-3/h4-11,15H2,1-3H3,(H,16,18)(H,17,19). The van der Waals surface area contributed by atoms with Gasteiger partial charge in [0.05, 0.1) is 0 Å². The van der Waals surface area contributed by atoms with Crippen LogP contribution in [0.1, 0.15) is 59.3 Å². The molecule has 0 aliphatic carbocycles. The monoisotopic (exact) mass is 271 g/mol. The maximum atomic E-state index is 11.6. The SMILES string of the molecule is CCCNC(=O)CCCC(=O)NCC(N)(CC)CC. The molecule has 19 heavy (non-hydrogen) atoms. The topological polar surface area (TPSA) is 84.2 Å². The molecule has 0 bridgehead atoms. The lowest BCUT2D eigenvalue weighted by atomic mass is 9.94. The second-order valence-corrected chi connectivity index (χ2v) is 5.05. The number of hydrogen-bond acceptors (Lipinski definition) is 3. The first kappa shape index (κ1) is 17.9. The van der Waals surface area contributed by atoms with E-state index in [1.807, 2.05) is 20.8 Å². The normalized spacial score (nSPS) is 11.2. The molecule has 0 saturated heterocycles. The Labute approximate surface area is 116 Å². The minimum absolute atomic E-state index is 0.0185. The zero-order valence-corrected chi connectivity index (χ0v) is 12.6. The highest BCUT2D eigenvalue weighted by Gasteiger charge is 2.20. The van der Waals surface area contributed by atoms with Crippen LogP contribution in [0.25, 0.3) is 0 Å². The summed E-state index contributed by atoms with van der Waals surface area (Å²) in [4.78, 5) is 22.9. The predicted molar refractivity (Wildman–Crippen MR) is 77.7 cm³/mol. The van der Waals surface area contributed by atoms with Crippen LogP contribution in [0.3, 0.4) is 0 Å². The first-order valence-electron chi connectivity index (χ1n) is 7.29. The molecule has 2 amide bonds. The van der Waals surface area contributed by atoms with Crippen molar-refractivity contribution in [2.75, 3.05) is 13.1 Å². The van der Waals surface area contributed by atoms with Crippen molar-refractivity contribution < 1.29 is 9.59 Å². The Kier molecular flexibility index (Phi) is 9.21. The number of hydrogen-bond donors (Lipinski definition) is 3. The Balaban J connectivity index is 3.73. The fourth-order valence-corrected chi connectivity index (χ4v) is 1.63. The molecule has 0 aromatic rings. The lowest BCUT2D eigenvalue weighted by Gasteiger charge is -2.26. The van der Waals surface area contributed by atoms with E-state index in [9.17, 15) is 9.59 Å². The van der Waals surface area contributed by atoms with Crippen molar-refractivity contribution >= 4 is 11.8 Å². The molecule has 0 heterocycles. The minimum Gasteiger partial charge on any atom is -0.356 e. The molecule has 0 radical (unpaired) electrons. The molecule has 0 atom stereocenters. The van der Waals surface area contributed by atoms with Gasteiger partial charge in [-0.1, -0.05) is 20.8 Å². The Morgan fingerprint density at radius 2 is 1.53 bits per heavy atom. The first-order valence-corrected chi connectivity index (χ1v) is 7.29. The van der Waals surface area contributed by atoms with Gasteiger partial charge in [-0.15, -0.1) is 0 Å². The van der Waals surface area contributed by atoms with Crippen molar-refractivity contribution in [1.82, 2.24) is 10.6 Å². The third-order valence-electron chi connectivity index (χ3n) is 3.43. The van der Waals surface area contributed by atoms with Crippen molar-refractivity contribution in [2.24, 2.45) is 5.73 Å². The third-order valence-corrected chi connectivity index (χ3v) is 3.43. The van der Waals surface area contributed by atoms with Crippen LogP contribution in [0.15, 0.2) is 0 Å². The van der Waals surface area contributed by atoms with Gasteiger partial charge in [0.25, 0.3) is 0 Å². The van der Waals surface area contributed by atoms with Gasteiger partial charge in [-0.2, -0.15) is 0 Å². The molecule has 112 valence electrons. The largest absolute Gasteiger partial charge is 0.356 e. The van der Waals surface area contributed by atoms with Crippen molar-refractivity contribution in [2.45, 2.75) is 64.8 Å². The van der Waals surface area contributed by atoms with E-state index < -0.39 is 0 Å². The Morgan fingerprint density at radius 3 is 2.00 bits per heavy atom. The quantitative estimate of drug-likeness (QED) is 0.560. The summed E-state index contributed by atoms with van der Waals surface area (Å²) in [7, 11) is 0. The highest BCUT2D eigenvalue weighted by atomic mass is 16.2. The van der Waals surface area contributed by atoms with E-state index in [4.69, 9.17) is 5.73 Å². The lowest BCUT2D eigenvalue weighted by molar-refractivity contribution is -0.122. The second kappa shape index (κ2) is 9.78. The van der Waals surface area contributed by atoms with Gasteiger partial charge in [0.2, 0.25) is 11.8 Å². The van der Waals surface area contributed by atoms with Crippen LogP contribution in [0.4, 0.5) is 0 Å². The molecule has 0 unspecified atom stereocenters. The van der Waals surface area contributed by atoms with Crippen LogP contribution in [0.2, 0.25) is 0 Å². The maximum Gasteiger partial charge on any atom is 0.220 e. The summed E-state index contributed by atoms with van der Waals surface area (Å²) in [5.74, 6) is -0.00930. The van der Waals surface area contributed by atoms with Gasteiger partial charge in [-0.05, 0) is 25.7 Å². The van der Waals surface area contributed by atoms with Crippen molar-refractivity contribution in [3.8, 4) is 0 Å². The van der Waals surface area contributed by atoms with Gasteiger partial charge in [0.1, 0.15) is 0 Å². The van der Waals surface area contributed by atoms with Crippen LogP contribution in [-0.4, -0.2) is 30.4 Å². The van der Waals surface area contributed by atoms with E-state index in [1.54, 1.807) is 0 Å². The lowest BCUT2D eigenvalue weighted by Crippen LogP contribution is -2.49. The summed E-state index contributed by atoms with van der Waals surface area (Å²) in [5.41, 5.74) is 5.79. The summed E-state index contributed by atoms with van der Waals surface area (Å²) in [6.07, 6.45) is 3.97. The van der Waals surface area contributed by atoms with Crippen molar-refractivity contribution in [1.29, 1.82) is 0 Å². The van der Waals surface area contributed by atoms with Crippen LogP contribution in [-0.2, 0) is 9.59 Å². The summed E-state index contributed by atoms with van der Waals surface area (Å²) < 4.78 is 0. The zero-order chi connectivity index (χ0) is 14.7. The molecule has 0 aliphatic rings. The van der Waals surface area contributed by atoms with E-state index in [0.717, 1.165) is 19.3 Å². The molecule has 0 aromatic carbocycles. The summed E-state index contributed by atoms with van der Waals surface area (Å²) in [6, 6.07) is 0. The molecule has 0 aromatic heterocycles. The van der Waals surface area contributed by atoms with Gasteiger partial charge in [0.15, 0.2) is 0 Å². The van der Waals surface area contributed by atoms with Crippen molar-refractivity contribution in [3.63, 3.8) is 0 Å². The number of nitrogens with one attached hydrogen (secondary N) is 2. The zero-order valence-electron chi connectivity index (χ0n) is 12.6. The van der Waals surface area contributed by atoms with Gasteiger partial charge in [-0.25, -0.2) is 0 Å². The maximum absolute atomic E-state index is 11.6. The molecule has 5 heteroatoms. The molecule has 0 spiro atoms. The van der Waals surface area contributed by atoms with Gasteiger partial charge in [-0.3, -0.25) is 9.59 Å². The molecule has 0 aliphatic heterocycles. The predicted octanol–water partition coefficient (Wildman–Crippen LogP) is 1.32. The average molecular weight is 271 g/mol. The highest BCUT2D eigenvalue weighted by molar-refractivity contribution is 5.78. The Bertz CT molecular complexity index is 276. The number of amides is 2. The van der Waals surface area contributed by atoms with Gasteiger partial charge < -0.3 is 16.4 Å². The van der Waals surface area contributed by atoms with E-state index in [1.165, 1.54) is 0 Å². The van der Waals surface area contributed by atoms with E-state index in [2.05, 4.69) is 10.6 Å². The Hall–Kier alpha value is -1.10. The van der Waals surface area contributed by atoms with Crippen LogP contribution in [0.5, 0.6) is 0 Å². The van der Waals surface area contributed by atoms with Crippen LogP contribution in [0, 0.1) is 0 Å². The number of rotatable bonds is 10. The highest BCUT2D eigenvalue weighted by Crippen LogP contribution is 2.09. The van der Waals surface area contributed by atoms with E-state index in [0.29, 0.717) is 32.4 Å². The second-order valence-electron chi connectivity index (χ2n) is 5.05. The van der Waals surface area contributed by atoms with E-state index in [-0.39, 0.29) is 17.4 Å². The molecule has 4 N–H and O–H groups in total. The molecule has 0 fully saturated rings. The smallest absolute Gasteiger partial charge is 0.220 e. The van der Waals surface area contributed by atoms with Gasteiger partial charge >= 0.3 is 0 Å². The summed E-state index contributed by atoms with van der Waals surface area (Å²) >= 11 is 0. The minimum atomic E-state index is -0.311.